The van der Waals surface area contributed by atoms with E-state index in [-0.39, 0.29) is 5.69 Å². The zero-order valence-corrected chi connectivity index (χ0v) is 12.7. The van der Waals surface area contributed by atoms with Gasteiger partial charge in [0.05, 0.1) is 11.5 Å². The summed E-state index contributed by atoms with van der Waals surface area (Å²) in [5.41, 5.74) is 1.04. The van der Waals surface area contributed by atoms with Crippen molar-refractivity contribution in [3.8, 4) is 0 Å². The van der Waals surface area contributed by atoms with Gasteiger partial charge in [0.25, 0.3) is 5.69 Å². The molecule has 112 valence electrons. The molecule has 0 amide bonds. The number of hydrogen-bond acceptors (Lipinski definition) is 6. The van der Waals surface area contributed by atoms with Gasteiger partial charge >= 0.3 is 0 Å². The van der Waals surface area contributed by atoms with Crippen LogP contribution in [0.4, 0.5) is 5.69 Å². The van der Waals surface area contributed by atoms with Crippen molar-refractivity contribution in [2.45, 2.75) is 25.2 Å². The van der Waals surface area contributed by atoms with Crippen LogP contribution in [0.1, 0.15) is 18.3 Å². The van der Waals surface area contributed by atoms with E-state index in [1.54, 1.807) is 31.0 Å². The molecule has 0 aliphatic rings. The standard InChI is InChI=1S/C13H16N4O3S/c1-3-21-13-15-14-12(9-20-2)16(13)8-10-4-6-11(7-5-10)17(18)19/h4-7H,3,8-9H2,1-2H3. The molecule has 0 bridgehead atoms. The van der Waals surface area contributed by atoms with Crippen molar-refractivity contribution in [3.05, 3.63) is 45.8 Å². The van der Waals surface area contributed by atoms with Gasteiger partial charge in [-0.05, 0) is 11.3 Å². The molecule has 1 aromatic heterocycles. The highest BCUT2D eigenvalue weighted by Crippen LogP contribution is 2.20. The molecule has 0 atom stereocenters. The van der Waals surface area contributed by atoms with Gasteiger partial charge in [-0.15, -0.1) is 10.2 Å². The lowest BCUT2D eigenvalue weighted by atomic mass is 10.2. The molecule has 0 aliphatic heterocycles. The lowest BCUT2D eigenvalue weighted by Crippen LogP contribution is -2.07. The number of methoxy groups -OCH3 is 1. The second-order valence-corrected chi connectivity index (χ2v) is 5.51. The Hall–Kier alpha value is -1.93. The Labute approximate surface area is 126 Å². The number of thioether (sulfide) groups is 1. The fraction of sp³-hybridized carbons (Fsp3) is 0.385. The monoisotopic (exact) mass is 308 g/mol. The van der Waals surface area contributed by atoms with Crippen LogP contribution in [-0.2, 0) is 17.9 Å². The minimum absolute atomic E-state index is 0.0859. The van der Waals surface area contributed by atoms with Gasteiger partial charge in [0.1, 0.15) is 6.61 Å². The molecule has 21 heavy (non-hydrogen) atoms. The predicted molar refractivity (Wildman–Crippen MR) is 79.3 cm³/mol. The zero-order chi connectivity index (χ0) is 15.2. The van der Waals surface area contributed by atoms with E-state index in [2.05, 4.69) is 10.2 Å². The number of non-ortho nitro benzene ring substituents is 1. The summed E-state index contributed by atoms with van der Waals surface area (Å²) in [4.78, 5) is 10.3. The number of nitro benzene ring substituents is 1. The summed E-state index contributed by atoms with van der Waals surface area (Å²) in [5, 5.41) is 19.8. The Bertz CT molecular complexity index is 589. The van der Waals surface area contributed by atoms with Gasteiger partial charge in [0.2, 0.25) is 0 Å². The van der Waals surface area contributed by atoms with Gasteiger partial charge in [-0.1, -0.05) is 30.8 Å². The third kappa shape index (κ3) is 3.79. The number of nitro groups is 1. The Morgan fingerprint density at radius 2 is 2.05 bits per heavy atom. The number of rotatable bonds is 7. The summed E-state index contributed by atoms with van der Waals surface area (Å²) in [6.45, 7) is 2.99. The van der Waals surface area contributed by atoms with E-state index in [9.17, 15) is 10.1 Å². The molecular formula is C13H16N4O3S. The molecule has 1 heterocycles. The number of hydrogen-bond donors (Lipinski definition) is 0. The van der Waals surface area contributed by atoms with Crippen LogP contribution in [0.2, 0.25) is 0 Å². The molecule has 0 N–H and O–H groups in total. The molecule has 0 fully saturated rings. The summed E-state index contributed by atoms with van der Waals surface area (Å²) in [6.07, 6.45) is 0. The van der Waals surface area contributed by atoms with Crippen LogP contribution in [0.25, 0.3) is 0 Å². The Morgan fingerprint density at radius 1 is 1.33 bits per heavy atom. The second-order valence-electron chi connectivity index (χ2n) is 4.27. The zero-order valence-electron chi connectivity index (χ0n) is 11.9. The number of ether oxygens (including phenoxy) is 1. The molecule has 2 aromatic rings. The van der Waals surface area contributed by atoms with E-state index in [0.717, 1.165) is 22.3 Å². The summed E-state index contributed by atoms with van der Waals surface area (Å²) < 4.78 is 7.10. The lowest BCUT2D eigenvalue weighted by molar-refractivity contribution is -0.384. The SMILES string of the molecule is CCSc1nnc(COC)n1Cc1ccc([N+](=O)[O-])cc1. The predicted octanol–water partition coefficient (Wildman–Crippen LogP) is 2.49. The molecular weight excluding hydrogens is 292 g/mol. The Balaban J connectivity index is 2.24. The largest absolute Gasteiger partial charge is 0.377 e. The highest BCUT2D eigenvalue weighted by atomic mass is 32.2. The topological polar surface area (TPSA) is 83.1 Å². The van der Waals surface area contributed by atoms with Crippen LogP contribution in [0.5, 0.6) is 0 Å². The lowest BCUT2D eigenvalue weighted by Gasteiger charge is -2.09. The van der Waals surface area contributed by atoms with E-state index < -0.39 is 4.92 Å². The maximum atomic E-state index is 10.7. The molecule has 0 saturated carbocycles. The van der Waals surface area contributed by atoms with Gasteiger partial charge in [-0.3, -0.25) is 14.7 Å². The van der Waals surface area contributed by atoms with Crippen LogP contribution >= 0.6 is 11.8 Å². The van der Waals surface area contributed by atoms with E-state index in [0.29, 0.717) is 13.2 Å². The average molecular weight is 308 g/mol. The fourth-order valence-electron chi connectivity index (χ4n) is 1.86. The first-order valence-electron chi connectivity index (χ1n) is 6.42. The van der Waals surface area contributed by atoms with Crippen molar-refractivity contribution < 1.29 is 9.66 Å². The minimum Gasteiger partial charge on any atom is -0.377 e. The van der Waals surface area contributed by atoms with Crippen LogP contribution < -0.4 is 0 Å². The molecule has 0 spiro atoms. The first kappa shape index (κ1) is 15.5. The van der Waals surface area contributed by atoms with Crippen LogP contribution in [0.3, 0.4) is 0 Å². The van der Waals surface area contributed by atoms with Crippen molar-refractivity contribution >= 4 is 17.4 Å². The van der Waals surface area contributed by atoms with Gasteiger partial charge in [0.15, 0.2) is 11.0 Å². The van der Waals surface area contributed by atoms with Crippen LogP contribution in [0, 0.1) is 10.1 Å². The van der Waals surface area contributed by atoms with Crippen molar-refractivity contribution in [3.63, 3.8) is 0 Å². The molecule has 1 aromatic carbocycles. The quantitative estimate of drug-likeness (QED) is 0.444. The molecule has 7 nitrogen and oxygen atoms in total. The third-order valence-electron chi connectivity index (χ3n) is 2.83. The summed E-state index contributed by atoms with van der Waals surface area (Å²) in [7, 11) is 1.61. The fourth-order valence-corrected chi connectivity index (χ4v) is 2.54. The first-order valence-corrected chi connectivity index (χ1v) is 7.41. The summed E-state index contributed by atoms with van der Waals surface area (Å²) in [6, 6.07) is 6.49. The maximum Gasteiger partial charge on any atom is 0.269 e. The van der Waals surface area contributed by atoms with Gasteiger partial charge < -0.3 is 4.74 Å². The number of aromatic nitrogens is 3. The second kappa shape index (κ2) is 7.19. The Kier molecular flexibility index (Phi) is 5.29. The molecule has 0 unspecified atom stereocenters. The van der Waals surface area contributed by atoms with Crippen LogP contribution in [0.15, 0.2) is 29.4 Å². The highest BCUT2D eigenvalue weighted by molar-refractivity contribution is 7.99. The third-order valence-corrected chi connectivity index (χ3v) is 3.68. The van der Waals surface area contributed by atoms with E-state index in [1.165, 1.54) is 12.1 Å². The van der Waals surface area contributed by atoms with E-state index in [1.807, 2.05) is 11.5 Å². The van der Waals surface area contributed by atoms with Gasteiger partial charge in [0, 0.05) is 19.2 Å². The van der Waals surface area contributed by atoms with Crippen molar-refractivity contribution in [1.29, 1.82) is 0 Å². The van der Waals surface area contributed by atoms with Crippen LogP contribution in [-0.4, -0.2) is 32.6 Å². The van der Waals surface area contributed by atoms with Gasteiger partial charge in [-0.2, -0.15) is 0 Å². The number of benzene rings is 1. The normalized spacial score (nSPS) is 10.8. The summed E-state index contributed by atoms with van der Waals surface area (Å²) >= 11 is 1.60. The first-order chi connectivity index (χ1) is 10.2. The Morgan fingerprint density at radius 3 is 2.62 bits per heavy atom. The van der Waals surface area contributed by atoms with Crippen molar-refractivity contribution in [2.75, 3.05) is 12.9 Å². The summed E-state index contributed by atoms with van der Waals surface area (Å²) in [5.74, 6) is 1.64. The van der Waals surface area contributed by atoms with Gasteiger partial charge in [-0.25, -0.2) is 0 Å². The van der Waals surface area contributed by atoms with Crippen molar-refractivity contribution in [1.82, 2.24) is 14.8 Å². The smallest absolute Gasteiger partial charge is 0.269 e. The highest BCUT2D eigenvalue weighted by Gasteiger charge is 2.13. The van der Waals surface area contributed by atoms with E-state index in [4.69, 9.17) is 4.74 Å². The molecule has 0 aliphatic carbocycles. The minimum atomic E-state index is -0.405. The van der Waals surface area contributed by atoms with Crippen molar-refractivity contribution in [2.24, 2.45) is 0 Å². The average Bonchev–Trinajstić information content (AvgIpc) is 2.83. The molecule has 2 rings (SSSR count). The number of nitrogens with zero attached hydrogens (tertiary/aromatic N) is 4. The van der Waals surface area contributed by atoms with E-state index >= 15 is 0 Å². The maximum absolute atomic E-state index is 10.7. The molecule has 0 saturated heterocycles. The molecule has 8 heteroatoms. The molecule has 0 radical (unpaired) electrons.